The second kappa shape index (κ2) is 6.36. The van der Waals surface area contributed by atoms with Crippen molar-refractivity contribution in [2.24, 2.45) is 5.14 Å². The Kier molecular flexibility index (Phi) is 4.93. The Morgan fingerprint density at radius 3 is 2.62 bits per heavy atom. The first-order valence-corrected chi connectivity index (χ1v) is 8.69. The fraction of sp³-hybridized carbons (Fsp3) is 0.143. The van der Waals surface area contributed by atoms with Gasteiger partial charge in [-0.15, -0.1) is 0 Å². The molecule has 2 N–H and O–H groups in total. The predicted molar refractivity (Wildman–Crippen MR) is 86.0 cm³/mol. The van der Waals surface area contributed by atoms with Crippen molar-refractivity contribution >= 4 is 37.6 Å². The number of sulfonamides is 1. The number of rotatable bonds is 4. The first kappa shape index (κ1) is 16.3. The van der Waals surface area contributed by atoms with E-state index < -0.39 is 10.0 Å². The summed E-state index contributed by atoms with van der Waals surface area (Å²) in [4.78, 5) is -0.144. The van der Waals surface area contributed by atoms with E-state index in [-0.39, 0.29) is 22.3 Å². The molecule has 0 aromatic heterocycles. The highest BCUT2D eigenvalue weighted by atomic mass is 79.9. The van der Waals surface area contributed by atoms with Crippen LogP contribution in [-0.4, -0.2) is 8.42 Å². The molecule has 0 spiro atoms. The minimum Gasteiger partial charge on any atom is -0.486 e. The van der Waals surface area contributed by atoms with Crippen molar-refractivity contribution in [1.82, 2.24) is 0 Å². The van der Waals surface area contributed by atoms with Crippen LogP contribution in [-0.2, 0) is 16.6 Å². The summed E-state index contributed by atoms with van der Waals surface area (Å²) in [5, 5.41) is 5.38. The van der Waals surface area contributed by atoms with E-state index in [4.69, 9.17) is 21.5 Å². The predicted octanol–water partition coefficient (Wildman–Crippen LogP) is 3.64. The number of halogens is 2. The summed E-state index contributed by atoms with van der Waals surface area (Å²) >= 11 is 9.25. The van der Waals surface area contributed by atoms with Crippen molar-refractivity contribution in [2.45, 2.75) is 18.4 Å². The Morgan fingerprint density at radius 1 is 1.29 bits per heavy atom. The van der Waals surface area contributed by atoms with Crippen LogP contribution in [0.25, 0.3) is 0 Å². The molecule has 0 aliphatic heterocycles. The van der Waals surface area contributed by atoms with Crippen LogP contribution in [0.3, 0.4) is 0 Å². The van der Waals surface area contributed by atoms with E-state index >= 15 is 0 Å². The van der Waals surface area contributed by atoms with Gasteiger partial charge in [-0.2, -0.15) is 0 Å². The quantitative estimate of drug-likeness (QED) is 0.866. The van der Waals surface area contributed by atoms with Gasteiger partial charge in [-0.05, 0) is 24.6 Å². The molecule has 2 aromatic carbocycles. The third-order valence-electron chi connectivity index (χ3n) is 2.75. The minimum atomic E-state index is -3.93. The van der Waals surface area contributed by atoms with E-state index in [9.17, 15) is 8.42 Å². The van der Waals surface area contributed by atoms with Gasteiger partial charge in [0.2, 0.25) is 10.0 Å². The van der Waals surface area contributed by atoms with Gasteiger partial charge in [0.1, 0.15) is 11.5 Å². The van der Waals surface area contributed by atoms with Crippen molar-refractivity contribution < 1.29 is 13.2 Å². The van der Waals surface area contributed by atoms with E-state index in [0.29, 0.717) is 4.47 Å². The monoisotopic (exact) mass is 389 g/mol. The summed E-state index contributed by atoms with van der Waals surface area (Å²) < 4.78 is 29.4. The molecule has 0 aliphatic carbocycles. The molecule has 0 saturated carbocycles. The van der Waals surface area contributed by atoms with E-state index in [2.05, 4.69) is 15.9 Å². The molecule has 2 aromatic rings. The maximum atomic E-state index is 11.6. The largest absolute Gasteiger partial charge is 0.486 e. The Bertz CT molecular complexity index is 778. The van der Waals surface area contributed by atoms with Crippen LogP contribution in [0.15, 0.2) is 45.8 Å². The van der Waals surface area contributed by atoms with Gasteiger partial charge in [0.25, 0.3) is 0 Å². The smallest absolute Gasteiger partial charge is 0.241 e. The Labute approximate surface area is 137 Å². The molecular formula is C14H13BrClNO3S. The van der Waals surface area contributed by atoms with Crippen LogP contribution in [0, 0.1) is 6.92 Å². The standard InChI is InChI=1S/C14H13BrClNO3S/c1-9-3-2-4-10(5-9)8-20-14-12(16)6-11(15)7-13(14)21(17,18)19/h2-7H,8H2,1H3,(H2,17,18,19). The van der Waals surface area contributed by atoms with Gasteiger partial charge in [0, 0.05) is 4.47 Å². The maximum absolute atomic E-state index is 11.6. The van der Waals surface area contributed by atoms with Crippen LogP contribution in [0.4, 0.5) is 0 Å². The van der Waals surface area contributed by atoms with Crippen molar-refractivity contribution in [2.75, 3.05) is 0 Å². The van der Waals surface area contributed by atoms with Crippen molar-refractivity contribution in [3.05, 3.63) is 57.0 Å². The molecule has 0 bridgehead atoms. The Hall–Kier alpha value is -1.08. The molecule has 0 aliphatic rings. The van der Waals surface area contributed by atoms with E-state index in [1.807, 2.05) is 31.2 Å². The highest BCUT2D eigenvalue weighted by Gasteiger charge is 2.19. The second-order valence-corrected chi connectivity index (χ2v) is 7.39. The van der Waals surface area contributed by atoms with Crippen LogP contribution in [0.5, 0.6) is 5.75 Å². The molecule has 112 valence electrons. The molecule has 0 saturated heterocycles. The summed E-state index contributed by atoms with van der Waals surface area (Å²) in [7, 11) is -3.93. The molecule has 0 heterocycles. The number of nitrogens with two attached hydrogens (primary N) is 1. The van der Waals surface area contributed by atoms with Gasteiger partial charge in [0.05, 0.1) is 5.02 Å². The lowest BCUT2D eigenvalue weighted by Gasteiger charge is -2.13. The van der Waals surface area contributed by atoms with E-state index in [1.165, 1.54) is 6.07 Å². The van der Waals surface area contributed by atoms with Gasteiger partial charge < -0.3 is 4.74 Å². The molecule has 7 heteroatoms. The van der Waals surface area contributed by atoms with E-state index in [0.717, 1.165) is 11.1 Å². The van der Waals surface area contributed by atoms with Crippen LogP contribution in [0.1, 0.15) is 11.1 Å². The van der Waals surface area contributed by atoms with Gasteiger partial charge in [-0.25, -0.2) is 13.6 Å². The van der Waals surface area contributed by atoms with Crippen molar-refractivity contribution in [1.29, 1.82) is 0 Å². The summed E-state index contributed by atoms with van der Waals surface area (Å²) in [6.45, 7) is 2.16. The van der Waals surface area contributed by atoms with Gasteiger partial charge in [-0.3, -0.25) is 0 Å². The van der Waals surface area contributed by atoms with Crippen molar-refractivity contribution in [3.63, 3.8) is 0 Å². The van der Waals surface area contributed by atoms with Crippen LogP contribution >= 0.6 is 27.5 Å². The SMILES string of the molecule is Cc1cccc(COc2c(Cl)cc(Br)cc2S(N)(=O)=O)c1. The zero-order valence-corrected chi connectivity index (χ0v) is 14.3. The lowest BCUT2D eigenvalue weighted by Crippen LogP contribution is -2.14. The zero-order chi connectivity index (χ0) is 15.6. The minimum absolute atomic E-state index is 0.0591. The third kappa shape index (κ3) is 4.20. The summed E-state index contributed by atoms with van der Waals surface area (Å²) in [5.74, 6) is 0.0591. The molecular weight excluding hydrogens is 378 g/mol. The number of primary sulfonamides is 1. The number of hydrogen-bond acceptors (Lipinski definition) is 3. The summed E-state index contributed by atoms with van der Waals surface area (Å²) in [6, 6.07) is 10.6. The first-order chi connectivity index (χ1) is 9.77. The molecule has 0 atom stereocenters. The lowest BCUT2D eigenvalue weighted by molar-refractivity contribution is 0.298. The summed E-state index contributed by atoms with van der Waals surface area (Å²) in [5.41, 5.74) is 2.00. The van der Waals surface area contributed by atoms with E-state index in [1.54, 1.807) is 6.07 Å². The molecule has 2 rings (SSSR count). The highest BCUT2D eigenvalue weighted by molar-refractivity contribution is 9.10. The molecule has 0 unspecified atom stereocenters. The third-order valence-corrected chi connectivity index (χ3v) is 4.40. The van der Waals surface area contributed by atoms with Gasteiger partial charge in [0.15, 0.2) is 5.75 Å². The molecule has 21 heavy (non-hydrogen) atoms. The number of benzene rings is 2. The normalized spacial score (nSPS) is 11.4. The first-order valence-electron chi connectivity index (χ1n) is 5.97. The van der Waals surface area contributed by atoms with Crippen LogP contribution < -0.4 is 9.88 Å². The average molecular weight is 391 g/mol. The number of hydrogen-bond donors (Lipinski definition) is 1. The fourth-order valence-corrected chi connectivity index (χ4v) is 3.64. The second-order valence-electron chi connectivity index (χ2n) is 4.54. The Morgan fingerprint density at radius 2 is 2.00 bits per heavy atom. The highest BCUT2D eigenvalue weighted by Crippen LogP contribution is 2.35. The van der Waals surface area contributed by atoms with Gasteiger partial charge >= 0.3 is 0 Å². The Balaban J connectivity index is 2.36. The molecule has 0 fully saturated rings. The average Bonchev–Trinajstić information content (AvgIpc) is 2.36. The maximum Gasteiger partial charge on any atom is 0.241 e. The van der Waals surface area contributed by atoms with Gasteiger partial charge in [-0.1, -0.05) is 57.4 Å². The lowest BCUT2D eigenvalue weighted by atomic mass is 10.1. The molecule has 0 amide bonds. The topological polar surface area (TPSA) is 69.4 Å². The number of aryl methyl sites for hydroxylation is 1. The number of ether oxygens (including phenoxy) is 1. The molecule has 0 radical (unpaired) electrons. The summed E-state index contributed by atoms with van der Waals surface area (Å²) in [6.07, 6.45) is 0. The molecule has 4 nitrogen and oxygen atoms in total. The fourth-order valence-electron chi connectivity index (χ4n) is 1.85. The zero-order valence-electron chi connectivity index (χ0n) is 11.1. The van der Waals surface area contributed by atoms with Crippen molar-refractivity contribution in [3.8, 4) is 5.75 Å². The van der Waals surface area contributed by atoms with Crippen LogP contribution in [0.2, 0.25) is 5.02 Å².